The van der Waals surface area contributed by atoms with Crippen LogP contribution < -0.4 is 0 Å². The van der Waals surface area contributed by atoms with Gasteiger partial charge in [-0.15, -0.1) is 0 Å². The molecule has 1 fully saturated rings. The van der Waals surface area contributed by atoms with E-state index in [-0.39, 0.29) is 11.7 Å². The maximum atomic E-state index is 13.1. The number of fused-ring (bicyclic) bond motifs is 1. The number of hydrogen-bond acceptors (Lipinski definition) is 4. The van der Waals surface area contributed by atoms with Gasteiger partial charge in [-0.1, -0.05) is 0 Å². The number of nitrogens with one attached hydrogen (secondary N) is 1. The number of hydrogen-bond donors (Lipinski definition) is 1. The minimum Gasteiger partial charge on any atom is -0.463 e. The smallest absolute Gasteiger partial charge is 0.410 e. The van der Waals surface area contributed by atoms with Gasteiger partial charge in [0.25, 0.3) is 12.3 Å². The molecule has 0 aliphatic carbocycles. The van der Waals surface area contributed by atoms with Crippen LogP contribution in [0.25, 0.3) is 11.1 Å². The summed E-state index contributed by atoms with van der Waals surface area (Å²) in [6.45, 7) is 5.39. The molecule has 154 valence electrons. The molecule has 0 spiro atoms. The van der Waals surface area contributed by atoms with Crippen molar-refractivity contribution in [2.24, 2.45) is 0 Å². The van der Waals surface area contributed by atoms with Gasteiger partial charge < -0.3 is 23.9 Å². The molecule has 0 saturated carbocycles. The number of aromatic nitrogens is 1. The highest BCUT2D eigenvalue weighted by Crippen LogP contribution is 2.23. The number of alkyl halides is 2. The highest BCUT2D eigenvalue weighted by atomic mass is 19.3. The molecule has 2 amide bonds. The van der Waals surface area contributed by atoms with Gasteiger partial charge in [0.15, 0.2) is 5.58 Å². The quantitative estimate of drug-likeness (QED) is 0.850. The fraction of sp³-hybridized carbons (Fsp3) is 0.579. The molecule has 0 radical (unpaired) electrons. The van der Waals surface area contributed by atoms with Gasteiger partial charge in [0, 0.05) is 31.3 Å². The number of rotatable bonds is 4. The Kier molecular flexibility index (Phi) is 5.62. The van der Waals surface area contributed by atoms with Crippen LogP contribution in [0.2, 0.25) is 0 Å². The van der Waals surface area contributed by atoms with E-state index in [0.717, 1.165) is 0 Å². The van der Waals surface area contributed by atoms with Crippen LogP contribution in [0.1, 0.15) is 44.1 Å². The van der Waals surface area contributed by atoms with Crippen molar-refractivity contribution in [2.75, 3.05) is 19.6 Å². The molecule has 0 aromatic carbocycles. The summed E-state index contributed by atoms with van der Waals surface area (Å²) in [6.07, 6.45) is -0.768. The van der Waals surface area contributed by atoms with Crippen LogP contribution in [-0.2, 0) is 4.74 Å². The first-order valence-corrected chi connectivity index (χ1v) is 9.27. The van der Waals surface area contributed by atoms with E-state index in [0.29, 0.717) is 37.0 Å². The van der Waals surface area contributed by atoms with Gasteiger partial charge >= 0.3 is 6.09 Å². The van der Waals surface area contributed by atoms with Crippen molar-refractivity contribution in [1.29, 1.82) is 0 Å². The third-order valence-corrected chi connectivity index (χ3v) is 4.62. The van der Waals surface area contributed by atoms with Crippen molar-refractivity contribution in [2.45, 2.75) is 51.7 Å². The van der Waals surface area contributed by atoms with Crippen LogP contribution in [0.15, 0.2) is 22.8 Å². The maximum absolute atomic E-state index is 13.1. The molecule has 0 unspecified atom stereocenters. The van der Waals surface area contributed by atoms with E-state index in [9.17, 15) is 18.4 Å². The third kappa shape index (κ3) is 4.63. The highest BCUT2D eigenvalue weighted by molar-refractivity contribution is 5.97. The first kappa shape index (κ1) is 20.2. The molecular formula is C19H25F2N3O4. The molecule has 0 bridgehead atoms. The Morgan fingerprint density at radius 2 is 2.04 bits per heavy atom. The summed E-state index contributed by atoms with van der Waals surface area (Å²) in [4.78, 5) is 30.7. The van der Waals surface area contributed by atoms with Crippen molar-refractivity contribution >= 4 is 23.1 Å². The Morgan fingerprint density at radius 1 is 1.36 bits per heavy atom. The lowest BCUT2D eigenvalue weighted by atomic mass is 10.0. The lowest BCUT2D eigenvalue weighted by molar-refractivity contribution is 0.00857. The first-order valence-electron chi connectivity index (χ1n) is 9.27. The Balaban J connectivity index is 1.68. The highest BCUT2D eigenvalue weighted by Gasteiger charge is 2.33. The zero-order valence-corrected chi connectivity index (χ0v) is 16.2. The number of H-pyrrole nitrogens is 1. The summed E-state index contributed by atoms with van der Waals surface area (Å²) in [5.74, 6) is -0.498. The molecular weight excluding hydrogens is 372 g/mol. The zero-order valence-electron chi connectivity index (χ0n) is 16.2. The second-order valence-corrected chi connectivity index (χ2v) is 7.93. The van der Waals surface area contributed by atoms with Gasteiger partial charge in [-0.25, -0.2) is 13.6 Å². The van der Waals surface area contributed by atoms with Gasteiger partial charge in [-0.2, -0.15) is 0 Å². The fourth-order valence-electron chi connectivity index (χ4n) is 3.35. The van der Waals surface area contributed by atoms with Crippen LogP contribution in [0.3, 0.4) is 0 Å². The molecule has 9 heteroatoms. The molecule has 3 heterocycles. The molecule has 1 saturated heterocycles. The van der Waals surface area contributed by atoms with Crippen LogP contribution >= 0.6 is 0 Å². The van der Waals surface area contributed by atoms with Crippen LogP contribution in [0.4, 0.5) is 13.6 Å². The summed E-state index contributed by atoms with van der Waals surface area (Å²) < 4.78 is 36.9. The summed E-state index contributed by atoms with van der Waals surface area (Å²) in [6, 6.07) is 2.81. The number of carbonyl (C=O) groups excluding carboxylic acids is 2. The van der Waals surface area contributed by atoms with E-state index in [1.807, 2.05) is 0 Å². The molecule has 1 N–H and O–H groups in total. The Hall–Kier alpha value is -2.58. The van der Waals surface area contributed by atoms with Crippen LogP contribution in [-0.4, -0.2) is 64.5 Å². The summed E-state index contributed by atoms with van der Waals surface area (Å²) in [5.41, 5.74) is 0.751. The van der Waals surface area contributed by atoms with Gasteiger partial charge in [0.2, 0.25) is 0 Å². The Labute approximate surface area is 161 Å². The van der Waals surface area contributed by atoms with Crippen molar-refractivity contribution in [3.63, 3.8) is 0 Å². The number of aromatic amines is 1. The van der Waals surface area contributed by atoms with Crippen molar-refractivity contribution in [3.8, 4) is 0 Å². The Bertz CT molecular complexity index is 803. The van der Waals surface area contributed by atoms with E-state index < -0.39 is 30.6 Å². The lowest BCUT2D eigenvalue weighted by Gasteiger charge is -2.38. The number of carbonyl (C=O) groups is 2. The molecule has 2 aromatic heterocycles. The van der Waals surface area contributed by atoms with Crippen molar-refractivity contribution in [1.82, 2.24) is 14.8 Å². The monoisotopic (exact) mass is 397 g/mol. The summed E-state index contributed by atoms with van der Waals surface area (Å²) in [5, 5.41) is 0. The third-order valence-electron chi connectivity index (χ3n) is 4.62. The molecule has 3 rings (SSSR count). The maximum Gasteiger partial charge on any atom is 0.410 e. The second-order valence-electron chi connectivity index (χ2n) is 7.93. The first-order chi connectivity index (χ1) is 13.1. The molecule has 2 aromatic rings. The van der Waals surface area contributed by atoms with E-state index in [4.69, 9.17) is 9.15 Å². The van der Waals surface area contributed by atoms with Gasteiger partial charge in [0.1, 0.15) is 11.3 Å². The number of halogens is 2. The minimum absolute atomic E-state index is 0.213. The molecule has 1 aliphatic heterocycles. The lowest BCUT2D eigenvalue weighted by Crippen LogP contribution is -2.50. The van der Waals surface area contributed by atoms with Crippen molar-refractivity contribution < 1.29 is 27.5 Å². The molecule has 1 aliphatic rings. The normalized spacial score (nSPS) is 16.0. The number of likely N-dealkylation sites (tertiary alicyclic amines) is 1. The summed E-state index contributed by atoms with van der Waals surface area (Å²) in [7, 11) is 0. The topological polar surface area (TPSA) is 78.8 Å². The zero-order chi connectivity index (χ0) is 20.5. The second kappa shape index (κ2) is 7.81. The molecule has 7 nitrogen and oxygen atoms in total. The predicted molar refractivity (Wildman–Crippen MR) is 98.4 cm³/mol. The predicted octanol–water partition coefficient (Wildman–Crippen LogP) is 3.87. The van der Waals surface area contributed by atoms with E-state index in [1.54, 1.807) is 31.7 Å². The molecule has 0 atom stereocenters. The number of nitrogens with zero attached hydrogens (tertiary/aromatic N) is 2. The van der Waals surface area contributed by atoms with Crippen molar-refractivity contribution in [3.05, 3.63) is 24.1 Å². The molecule has 28 heavy (non-hydrogen) atoms. The van der Waals surface area contributed by atoms with Gasteiger partial charge in [-0.3, -0.25) is 4.79 Å². The van der Waals surface area contributed by atoms with Gasteiger partial charge in [-0.05, 0) is 33.6 Å². The summed E-state index contributed by atoms with van der Waals surface area (Å²) >= 11 is 0. The van der Waals surface area contributed by atoms with Gasteiger partial charge in [0.05, 0.1) is 18.3 Å². The number of piperidine rings is 1. The Morgan fingerprint density at radius 3 is 2.61 bits per heavy atom. The average Bonchev–Trinajstić information content (AvgIpc) is 3.19. The SMILES string of the molecule is CC(C)(C)OC(=O)N1CCC(N(CC(F)F)C(=O)c2cc3occc3[nH]2)CC1. The van der Waals surface area contributed by atoms with Crippen LogP contribution in [0, 0.1) is 0 Å². The number of amides is 2. The van der Waals surface area contributed by atoms with E-state index in [1.165, 1.54) is 17.2 Å². The van der Waals surface area contributed by atoms with E-state index >= 15 is 0 Å². The van der Waals surface area contributed by atoms with Crippen LogP contribution in [0.5, 0.6) is 0 Å². The average molecular weight is 397 g/mol. The largest absolute Gasteiger partial charge is 0.463 e. The fourth-order valence-corrected chi connectivity index (χ4v) is 3.35. The van der Waals surface area contributed by atoms with E-state index in [2.05, 4.69) is 4.98 Å². The number of ether oxygens (including phenoxy) is 1. The number of furan rings is 1. The minimum atomic E-state index is -2.65. The standard InChI is InChI=1S/C19H25F2N3O4/c1-19(2,3)28-18(26)23-7-4-12(5-8-23)24(11-16(20)21)17(25)14-10-15-13(22-14)6-9-27-15/h6,9-10,12,16,22H,4-5,7-8,11H2,1-3H3.